The van der Waals surface area contributed by atoms with Crippen molar-refractivity contribution in [1.82, 2.24) is 5.32 Å². The molecule has 1 atom stereocenters. The predicted octanol–water partition coefficient (Wildman–Crippen LogP) is 5.11. The fourth-order valence-corrected chi connectivity index (χ4v) is 3.88. The smallest absolute Gasteiger partial charge is 0.123 e. The first-order valence-corrected chi connectivity index (χ1v) is 7.96. The van der Waals surface area contributed by atoms with Crippen molar-refractivity contribution in [3.8, 4) is 0 Å². The van der Waals surface area contributed by atoms with E-state index in [1.807, 2.05) is 13.1 Å². The van der Waals surface area contributed by atoms with E-state index in [9.17, 15) is 4.39 Å². The fourth-order valence-electron chi connectivity index (χ4n) is 2.46. The van der Waals surface area contributed by atoms with E-state index < -0.39 is 0 Å². The van der Waals surface area contributed by atoms with Gasteiger partial charge >= 0.3 is 0 Å². The van der Waals surface area contributed by atoms with E-state index >= 15 is 0 Å². The summed E-state index contributed by atoms with van der Waals surface area (Å²) in [5, 5.41) is 6.60. The van der Waals surface area contributed by atoms with Crippen molar-refractivity contribution in [2.24, 2.45) is 0 Å². The molecule has 0 aliphatic heterocycles. The highest BCUT2D eigenvalue weighted by molar-refractivity contribution is 9.10. The van der Waals surface area contributed by atoms with E-state index in [1.165, 1.54) is 21.7 Å². The Morgan fingerprint density at radius 2 is 2.00 bits per heavy atom. The van der Waals surface area contributed by atoms with Crippen LogP contribution in [0.15, 0.2) is 52.3 Å². The average molecular weight is 350 g/mol. The van der Waals surface area contributed by atoms with Crippen LogP contribution in [-0.4, -0.2) is 7.05 Å². The van der Waals surface area contributed by atoms with Gasteiger partial charge in [0.15, 0.2) is 0 Å². The number of benzene rings is 2. The minimum atomic E-state index is -0.221. The summed E-state index contributed by atoms with van der Waals surface area (Å²) in [5.41, 5.74) is 2.08. The largest absolute Gasteiger partial charge is 0.309 e. The maximum Gasteiger partial charge on any atom is 0.123 e. The quantitative estimate of drug-likeness (QED) is 0.692. The Hall–Kier alpha value is -1.23. The number of halogens is 2. The molecule has 1 aromatic heterocycles. The summed E-state index contributed by atoms with van der Waals surface area (Å²) in [6, 6.07) is 13.1. The number of fused-ring (bicyclic) bond motifs is 1. The van der Waals surface area contributed by atoms with Crippen LogP contribution in [0, 0.1) is 5.82 Å². The normalized spacial score (nSPS) is 12.8. The molecule has 1 unspecified atom stereocenters. The summed E-state index contributed by atoms with van der Waals surface area (Å²) in [7, 11) is 1.90. The van der Waals surface area contributed by atoms with Gasteiger partial charge in [0.05, 0.1) is 6.04 Å². The lowest BCUT2D eigenvalue weighted by atomic mass is 9.98. The van der Waals surface area contributed by atoms with Crippen molar-refractivity contribution >= 4 is 37.4 Å². The van der Waals surface area contributed by atoms with Crippen LogP contribution in [-0.2, 0) is 0 Å². The van der Waals surface area contributed by atoms with Gasteiger partial charge in [0.1, 0.15) is 5.82 Å². The van der Waals surface area contributed by atoms with Crippen LogP contribution in [0.4, 0.5) is 4.39 Å². The molecule has 1 nitrogen and oxygen atoms in total. The molecule has 0 radical (unpaired) electrons. The molecule has 2 aromatic carbocycles. The zero-order valence-electron chi connectivity index (χ0n) is 10.9. The van der Waals surface area contributed by atoms with E-state index in [1.54, 1.807) is 23.5 Å². The van der Waals surface area contributed by atoms with Gasteiger partial charge in [-0.2, -0.15) is 0 Å². The SMILES string of the molecule is CNC(c1cc(F)ccc1Br)c1cccc2ccsc12. The van der Waals surface area contributed by atoms with Crippen molar-refractivity contribution in [1.29, 1.82) is 0 Å². The number of hydrogen-bond acceptors (Lipinski definition) is 2. The zero-order valence-corrected chi connectivity index (χ0v) is 13.3. The molecule has 0 aliphatic carbocycles. The lowest BCUT2D eigenvalue weighted by Gasteiger charge is -2.19. The molecule has 1 heterocycles. The van der Waals surface area contributed by atoms with Gasteiger partial charge in [-0.15, -0.1) is 11.3 Å². The van der Waals surface area contributed by atoms with Gasteiger partial charge in [0.25, 0.3) is 0 Å². The monoisotopic (exact) mass is 349 g/mol. The second kappa shape index (κ2) is 5.64. The molecule has 0 amide bonds. The van der Waals surface area contributed by atoms with Gasteiger partial charge < -0.3 is 5.32 Å². The Morgan fingerprint density at radius 3 is 2.80 bits per heavy atom. The third-order valence-corrected chi connectivity index (χ3v) is 5.08. The summed E-state index contributed by atoms with van der Waals surface area (Å²) in [5.74, 6) is -0.221. The van der Waals surface area contributed by atoms with Crippen LogP contribution < -0.4 is 5.32 Å². The first-order valence-electron chi connectivity index (χ1n) is 6.29. The molecule has 3 aromatic rings. The Bertz CT molecular complexity index is 753. The number of thiophene rings is 1. The molecule has 4 heteroatoms. The Kier molecular flexibility index (Phi) is 3.87. The standard InChI is InChI=1S/C16H13BrFNS/c1-19-15(13-9-11(18)5-6-14(13)17)12-4-2-3-10-7-8-20-16(10)12/h2-9,15,19H,1H3. The molecule has 0 saturated heterocycles. The highest BCUT2D eigenvalue weighted by Gasteiger charge is 2.18. The lowest BCUT2D eigenvalue weighted by Crippen LogP contribution is -2.18. The second-order valence-corrected chi connectivity index (χ2v) is 6.34. The number of nitrogens with one attached hydrogen (secondary N) is 1. The lowest BCUT2D eigenvalue weighted by molar-refractivity contribution is 0.616. The minimum absolute atomic E-state index is 0.0394. The van der Waals surface area contributed by atoms with Gasteiger partial charge in [0, 0.05) is 9.17 Å². The van der Waals surface area contributed by atoms with E-state index in [0.29, 0.717) is 0 Å². The molecule has 0 fully saturated rings. The third kappa shape index (κ3) is 2.39. The predicted molar refractivity (Wildman–Crippen MR) is 86.8 cm³/mol. The highest BCUT2D eigenvalue weighted by Crippen LogP contribution is 2.35. The Balaban J connectivity index is 2.19. The van der Waals surface area contributed by atoms with Crippen molar-refractivity contribution < 1.29 is 4.39 Å². The summed E-state index contributed by atoms with van der Waals surface area (Å²) in [6.45, 7) is 0. The molecule has 0 aliphatic rings. The molecular weight excluding hydrogens is 337 g/mol. The minimum Gasteiger partial charge on any atom is -0.309 e. The first kappa shape index (κ1) is 13.7. The summed E-state index contributed by atoms with van der Waals surface area (Å²) < 4.78 is 15.7. The number of hydrogen-bond donors (Lipinski definition) is 1. The van der Waals surface area contributed by atoms with Crippen LogP contribution in [0.1, 0.15) is 17.2 Å². The Labute approximate surface area is 129 Å². The van der Waals surface area contributed by atoms with Crippen molar-refractivity contribution in [3.05, 3.63) is 69.3 Å². The van der Waals surface area contributed by atoms with Crippen LogP contribution in [0.5, 0.6) is 0 Å². The summed E-state index contributed by atoms with van der Waals surface area (Å²) in [4.78, 5) is 0. The topological polar surface area (TPSA) is 12.0 Å². The van der Waals surface area contributed by atoms with Gasteiger partial charge in [-0.05, 0) is 53.2 Å². The maximum atomic E-state index is 13.6. The molecule has 20 heavy (non-hydrogen) atoms. The summed E-state index contributed by atoms with van der Waals surface area (Å²) >= 11 is 5.23. The molecule has 0 spiro atoms. The van der Waals surface area contributed by atoms with Gasteiger partial charge in [-0.25, -0.2) is 4.39 Å². The van der Waals surface area contributed by atoms with Crippen LogP contribution in [0.3, 0.4) is 0 Å². The molecule has 3 rings (SSSR count). The van der Waals surface area contributed by atoms with E-state index in [0.717, 1.165) is 10.0 Å². The van der Waals surface area contributed by atoms with Crippen LogP contribution >= 0.6 is 27.3 Å². The Morgan fingerprint density at radius 1 is 1.15 bits per heavy atom. The van der Waals surface area contributed by atoms with Gasteiger partial charge in [-0.1, -0.05) is 34.1 Å². The fraction of sp³-hybridized carbons (Fsp3) is 0.125. The third-order valence-electron chi connectivity index (χ3n) is 3.38. The number of rotatable bonds is 3. The van der Waals surface area contributed by atoms with Crippen LogP contribution in [0.25, 0.3) is 10.1 Å². The van der Waals surface area contributed by atoms with Crippen molar-refractivity contribution in [2.75, 3.05) is 7.05 Å². The zero-order chi connectivity index (χ0) is 14.1. The summed E-state index contributed by atoms with van der Waals surface area (Å²) in [6.07, 6.45) is 0. The molecule has 0 saturated carbocycles. The van der Waals surface area contributed by atoms with E-state index in [-0.39, 0.29) is 11.9 Å². The molecule has 0 bridgehead atoms. The first-order chi connectivity index (χ1) is 9.70. The maximum absolute atomic E-state index is 13.6. The molecule has 1 N–H and O–H groups in total. The van der Waals surface area contributed by atoms with E-state index in [2.05, 4.69) is 44.8 Å². The van der Waals surface area contributed by atoms with Gasteiger partial charge in [0.2, 0.25) is 0 Å². The molecule has 102 valence electrons. The average Bonchev–Trinajstić information content (AvgIpc) is 2.92. The van der Waals surface area contributed by atoms with Crippen LogP contribution in [0.2, 0.25) is 0 Å². The van der Waals surface area contributed by atoms with Crippen molar-refractivity contribution in [2.45, 2.75) is 6.04 Å². The van der Waals surface area contributed by atoms with Gasteiger partial charge in [-0.3, -0.25) is 0 Å². The van der Waals surface area contributed by atoms with E-state index in [4.69, 9.17) is 0 Å². The van der Waals surface area contributed by atoms with Crippen molar-refractivity contribution in [3.63, 3.8) is 0 Å². The highest BCUT2D eigenvalue weighted by atomic mass is 79.9. The second-order valence-electron chi connectivity index (χ2n) is 4.57. The molecular formula is C16H13BrFNS.